The normalized spacial score (nSPS) is 10.8. The minimum Gasteiger partial charge on any atom is -0.493 e. The summed E-state index contributed by atoms with van der Waals surface area (Å²) in [6.07, 6.45) is 3.67. The van der Waals surface area contributed by atoms with E-state index in [4.69, 9.17) is 14.5 Å². The van der Waals surface area contributed by atoms with Crippen LogP contribution in [0.1, 0.15) is 15.9 Å². The Morgan fingerprint density at radius 2 is 1.84 bits per heavy atom. The van der Waals surface area contributed by atoms with Crippen LogP contribution in [0.2, 0.25) is 0 Å². The van der Waals surface area contributed by atoms with Gasteiger partial charge in [-0.1, -0.05) is 18.2 Å². The van der Waals surface area contributed by atoms with Crippen molar-refractivity contribution in [3.8, 4) is 22.8 Å². The van der Waals surface area contributed by atoms with E-state index in [-0.39, 0.29) is 5.91 Å². The van der Waals surface area contributed by atoms with Gasteiger partial charge in [0, 0.05) is 43.4 Å². The predicted octanol–water partition coefficient (Wildman–Crippen LogP) is 3.92. The van der Waals surface area contributed by atoms with E-state index in [2.05, 4.69) is 5.10 Å². The zero-order valence-electron chi connectivity index (χ0n) is 18.0. The smallest absolute Gasteiger partial charge is 0.254 e. The average Bonchev–Trinajstić information content (AvgIpc) is 3.21. The second kappa shape index (κ2) is 8.47. The first-order valence-electron chi connectivity index (χ1n) is 9.85. The maximum Gasteiger partial charge on any atom is 0.254 e. The molecule has 31 heavy (non-hydrogen) atoms. The maximum atomic E-state index is 13.4. The fourth-order valence-electron chi connectivity index (χ4n) is 3.60. The fourth-order valence-corrected chi connectivity index (χ4v) is 3.60. The summed E-state index contributed by atoms with van der Waals surface area (Å²) in [7, 11) is 6.84. The van der Waals surface area contributed by atoms with Gasteiger partial charge in [-0.3, -0.25) is 9.48 Å². The summed E-state index contributed by atoms with van der Waals surface area (Å²) in [4.78, 5) is 19.9. The number of hydrogen-bond donors (Lipinski definition) is 0. The number of amides is 1. The number of hydrogen-bond acceptors (Lipinski definition) is 5. The zero-order chi connectivity index (χ0) is 22.0. The van der Waals surface area contributed by atoms with Crippen LogP contribution in [0.4, 0.5) is 0 Å². The van der Waals surface area contributed by atoms with Crippen LogP contribution in [0.15, 0.2) is 60.9 Å². The second-order valence-corrected chi connectivity index (χ2v) is 7.33. The summed E-state index contributed by atoms with van der Waals surface area (Å²) in [5.41, 5.74) is 3.86. The van der Waals surface area contributed by atoms with Gasteiger partial charge in [0.2, 0.25) is 0 Å². The van der Waals surface area contributed by atoms with E-state index in [1.54, 1.807) is 37.0 Å². The number of aromatic nitrogens is 3. The van der Waals surface area contributed by atoms with Gasteiger partial charge in [0.05, 0.1) is 37.2 Å². The predicted molar refractivity (Wildman–Crippen MR) is 119 cm³/mol. The number of carbonyl (C=O) groups excluding carboxylic acids is 1. The van der Waals surface area contributed by atoms with Crippen molar-refractivity contribution in [1.29, 1.82) is 0 Å². The molecule has 0 aliphatic heterocycles. The molecule has 0 saturated carbocycles. The van der Waals surface area contributed by atoms with E-state index >= 15 is 0 Å². The average molecular weight is 416 g/mol. The van der Waals surface area contributed by atoms with Gasteiger partial charge >= 0.3 is 0 Å². The molecule has 4 aromatic rings. The molecule has 0 spiro atoms. The minimum atomic E-state index is -0.0795. The third-order valence-electron chi connectivity index (χ3n) is 5.15. The molecular formula is C24H24N4O3. The number of pyridine rings is 1. The molecule has 0 bridgehead atoms. The highest BCUT2D eigenvalue weighted by molar-refractivity contribution is 6.07. The molecule has 158 valence electrons. The first kappa shape index (κ1) is 20.4. The number of ether oxygens (including phenoxy) is 2. The molecule has 7 heteroatoms. The number of rotatable bonds is 6. The monoisotopic (exact) mass is 416 g/mol. The van der Waals surface area contributed by atoms with Crippen LogP contribution in [0.25, 0.3) is 22.2 Å². The van der Waals surface area contributed by atoms with Gasteiger partial charge in [-0.25, -0.2) is 4.98 Å². The lowest BCUT2D eigenvalue weighted by Crippen LogP contribution is -2.26. The lowest BCUT2D eigenvalue weighted by atomic mass is 10.0. The fraction of sp³-hybridized carbons (Fsp3) is 0.208. The summed E-state index contributed by atoms with van der Waals surface area (Å²) < 4.78 is 12.5. The van der Waals surface area contributed by atoms with Crippen LogP contribution in [0.3, 0.4) is 0 Å². The first-order chi connectivity index (χ1) is 15.0. The van der Waals surface area contributed by atoms with Crippen LogP contribution in [-0.4, -0.2) is 46.8 Å². The largest absolute Gasteiger partial charge is 0.493 e. The van der Waals surface area contributed by atoms with Gasteiger partial charge in [-0.15, -0.1) is 0 Å². The first-order valence-corrected chi connectivity index (χ1v) is 9.85. The van der Waals surface area contributed by atoms with E-state index in [9.17, 15) is 4.79 Å². The van der Waals surface area contributed by atoms with Crippen LogP contribution in [-0.2, 0) is 13.6 Å². The van der Waals surface area contributed by atoms with E-state index in [1.165, 1.54) is 0 Å². The second-order valence-electron chi connectivity index (χ2n) is 7.33. The Morgan fingerprint density at radius 3 is 2.55 bits per heavy atom. The Morgan fingerprint density at radius 1 is 1.06 bits per heavy atom. The molecule has 0 unspecified atom stereocenters. The molecule has 0 radical (unpaired) electrons. The van der Waals surface area contributed by atoms with Gasteiger partial charge < -0.3 is 14.4 Å². The van der Waals surface area contributed by atoms with Crippen molar-refractivity contribution in [2.75, 3.05) is 21.3 Å². The molecular weight excluding hydrogens is 392 g/mol. The number of fused-ring (bicyclic) bond motifs is 1. The molecule has 0 saturated heterocycles. The van der Waals surface area contributed by atoms with Gasteiger partial charge in [-0.05, 0) is 30.3 Å². The summed E-state index contributed by atoms with van der Waals surface area (Å²) in [6, 6.07) is 15.1. The standard InChI is InChI=1S/C24H24N4O3/c1-27(14-16-13-25-28(2)15-16)24(29)19-12-21(26-20-8-6-5-7-18(19)20)17-9-10-22(30-3)23(11-17)31-4/h5-13,15H,14H2,1-4H3. The number of methoxy groups -OCH3 is 2. The van der Waals surface area contributed by atoms with Crippen molar-refractivity contribution < 1.29 is 14.3 Å². The van der Waals surface area contributed by atoms with Gasteiger partial charge in [0.15, 0.2) is 11.5 Å². The molecule has 4 rings (SSSR count). The zero-order valence-corrected chi connectivity index (χ0v) is 18.0. The Balaban J connectivity index is 1.77. The molecule has 1 amide bonds. The van der Waals surface area contributed by atoms with Crippen LogP contribution < -0.4 is 9.47 Å². The summed E-state index contributed by atoms with van der Waals surface area (Å²) >= 11 is 0. The molecule has 2 heterocycles. The van der Waals surface area contributed by atoms with Crippen LogP contribution in [0, 0.1) is 0 Å². The molecule has 0 N–H and O–H groups in total. The summed E-state index contributed by atoms with van der Waals surface area (Å²) in [5, 5.41) is 5.00. The summed E-state index contributed by atoms with van der Waals surface area (Å²) in [6.45, 7) is 0.467. The third-order valence-corrected chi connectivity index (χ3v) is 5.15. The van der Waals surface area contributed by atoms with E-state index in [1.807, 2.05) is 61.8 Å². The van der Waals surface area contributed by atoms with Crippen molar-refractivity contribution in [3.05, 3.63) is 72.1 Å². The molecule has 0 aliphatic rings. The Labute approximate surface area is 180 Å². The van der Waals surface area contributed by atoms with E-state index < -0.39 is 0 Å². The van der Waals surface area contributed by atoms with E-state index in [0.717, 1.165) is 22.0 Å². The van der Waals surface area contributed by atoms with Crippen LogP contribution in [0.5, 0.6) is 11.5 Å². The number of benzene rings is 2. The topological polar surface area (TPSA) is 69.5 Å². The molecule has 0 fully saturated rings. The van der Waals surface area contributed by atoms with Gasteiger partial charge in [0.1, 0.15) is 0 Å². The highest BCUT2D eigenvalue weighted by Crippen LogP contribution is 2.33. The lowest BCUT2D eigenvalue weighted by Gasteiger charge is -2.18. The summed E-state index contributed by atoms with van der Waals surface area (Å²) in [5.74, 6) is 1.17. The quantitative estimate of drug-likeness (QED) is 0.476. The van der Waals surface area contributed by atoms with Crippen molar-refractivity contribution in [1.82, 2.24) is 19.7 Å². The number of carbonyl (C=O) groups is 1. The number of para-hydroxylation sites is 1. The molecule has 2 aromatic carbocycles. The molecule has 2 aromatic heterocycles. The maximum absolute atomic E-state index is 13.4. The molecule has 0 aliphatic carbocycles. The Hall–Kier alpha value is -3.87. The number of aryl methyl sites for hydroxylation is 1. The Bertz CT molecular complexity index is 1250. The third kappa shape index (κ3) is 4.07. The van der Waals surface area contributed by atoms with Crippen molar-refractivity contribution >= 4 is 16.8 Å². The van der Waals surface area contributed by atoms with Crippen molar-refractivity contribution in [2.45, 2.75) is 6.54 Å². The van der Waals surface area contributed by atoms with Crippen molar-refractivity contribution in [3.63, 3.8) is 0 Å². The highest BCUT2D eigenvalue weighted by Gasteiger charge is 2.19. The SMILES string of the molecule is COc1ccc(-c2cc(C(=O)N(C)Cc3cnn(C)c3)c3ccccc3n2)cc1OC. The van der Waals surface area contributed by atoms with E-state index in [0.29, 0.717) is 29.3 Å². The Kier molecular flexibility index (Phi) is 5.58. The lowest BCUT2D eigenvalue weighted by molar-refractivity contribution is 0.0787. The van der Waals surface area contributed by atoms with Crippen LogP contribution >= 0.6 is 0 Å². The van der Waals surface area contributed by atoms with Crippen molar-refractivity contribution in [2.24, 2.45) is 7.05 Å². The minimum absolute atomic E-state index is 0.0795. The molecule has 7 nitrogen and oxygen atoms in total. The molecule has 0 atom stereocenters. The van der Waals surface area contributed by atoms with Gasteiger partial charge in [0.25, 0.3) is 5.91 Å². The number of nitrogens with zero attached hydrogens (tertiary/aromatic N) is 4. The van der Waals surface area contributed by atoms with Gasteiger partial charge in [-0.2, -0.15) is 5.10 Å². The highest BCUT2D eigenvalue weighted by atomic mass is 16.5.